The smallest absolute Gasteiger partial charge is 0.287 e. The zero-order valence-corrected chi connectivity index (χ0v) is 18.0. The number of hydrogen-bond donors (Lipinski definition) is 0. The van der Waals surface area contributed by atoms with E-state index in [1.54, 1.807) is 6.20 Å². The van der Waals surface area contributed by atoms with Crippen molar-refractivity contribution in [2.24, 2.45) is 0 Å². The average molecular weight is 434 g/mol. The van der Waals surface area contributed by atoms with Crippen molar-refractivity contribution in [2.45, 2.75) is 19.5 Å². The summed E-state index contributed by atoms with van der Waals surface area (Å²) in [5.74, 6) is 0. The lowest BCUT2D eigenvalue weighted by molar-refractivity contribution is 0.285. The summed E-state index contributed by atoms with van der Waals surface area (Å²) in [6.45, 7) is 4.67. The van der Waals surface area contributed by atoms with Gasteiger partial charge in [-0.25, -0.2) is 4.68 Å². The van der Waals surface area contributed by atoms with Crippen molar-refractivity contribution in [2.75, 3.05) is 31.1 Å². The number of nitrogens with zero attached hydrogens (tertiary/aromatic N) is 5. The number of aromatic nitrogens is 2. The molecule has 0 unspecified atom stereocenters. The highest BCUT2D eigenvalue weighted by Crippen LogP contribution is 2.23. The molecule has 1 fully saturated rings. The van der Waals surface area contributed by atoms with Gasteiger partial charge in [0, 0.05) is 32.7 Å². The summed E-state index contributed by atoms with van der Waals surface area (Å²) in [4.78, 5) is 17.3. The van der Waals surface area contributed by atoms with Crippen LogP contribution in [0.1, 0.15) is 23.1 Å². The fourth-order valence-electron chi connectivity index (χ4n) is 3.86. The van der Waals surface area contributed by atoms with Crippen LogP contribution in [0.5, 0.6) is 0 Å². The molecule has 158 valence electrons. The van der Waals surface area contributed by atoms with E-state index in [1.165, 1.54) is 10.2 Å². The van der Waals surface area contributed by atoms with Crippen molar-refractivity contribution in [3.63, 3.8) is 0 Å². The van der Waals surface area contributed by atoms with Gasteiger partial charge in [0.25, 0.3) is 5.56 Å². The molecule has 31 heavy (non-hydrogen) atoms. The Hall–Kier alpha value is -3.14. The lowest BCUT2D eigenvalue weighted by Gasteiger charge is -2.24. The van der Waals surface area contributed by atoms with Gasteiger partial charge in [-0.3, -0.25) is 9.69 Å². The van der Waals surface area contributed by atoms with Gasteiger partial charge in [-0.1, -0.05) is 54.1 Å². The zero-order chi connectivity index (χ0) is 21.6. The van der Waals surface area contributed by atoms with Crippen LogP contribution < -0.4 is 10.5 Å². The molecule has 0 radical (unpaired) electrons. The first-order chi connectivity index (χ1) is 15.1. The number of anilines is 1. The van der Waals surface area contributed by atoms with Crippen LogP contribution in [0.15, 0.2) is 65.6 Å². The van der Waals surface area contributed by atoms with Crippen molar-refractivity contribution >= 4 is 17.3 Å². The highest BCUT2D eigenvalue weighted by molar-refractivity contribution is 6.33. The third-order valence-electron chi connectivity index (χ3n) is 5.56. The summed E-state index contributed by atoms with van der Waals surface area (Å²) in [7, 11) is 0. The molecule has 6 nitrogen and oxygen atoms in total. The molecule has 1 aliphatic heterocycles. The number of halogens is 1. The summed E-state index contributed by atoms with van der Waals surface area (Å²) in [5.41, 5.74) is 3.32. The molecule has 0 amide bonds. The van der Waals surface area contributed by atoms with Crippen molar-refractivity contribution in [3.05, 3.63) is 92.9 Å². The minimum atomic E-state index is -0.262. The highest BCUT2D eigenvalue weighted by Gasteiger charge is 2.20. The Labute approximate surface area is 186 Å². The van der Waals surface area contributed by atoms with Crippen LogP contribution in [0.3, 0.4) is 0 Å². The Kier molecular flexibility index (Phi) is 6.66. The molecule has 0 saturated carbocycles. The van der Waals surface area contributed by atoms with Gasteiger partial charge in [0.2, 0.25) is 0 Å². The van der Waals surface area contributed by atoms with Crippen molar-refractivity contribution in [1.29, 1.82) is 5.26 Å². The largest absolute Gasteiger partial charge is 0.368 e. The number of rotatable bonds is 5. The van der Waals surface area contributed by atoms with E-state index in [0.717, 1.165) is 44.7 Å². The first-order valence-corrected chi connectivity index (χ1v) is 10.8. The van der Waals surface area contributed by atoms with Gasteiger partial charge in [-0.2, -0.15) is 10.4 Å². The number of hydrogen-bond acceptors (Lipinski definition) is 5. The summed E-state index contributed by atoms with van der Waals surface area (Å²) in [6, 6.07) is 19.6. The molecule has 0 atom stereocenters. The second-order valence-corrected chi connectivity index (χ2v) is 8.10. The van der Waals surface area contributed by atoms with Crippen molar-refractivity contribution in [1.82, 2.24) is 14.7 Å². The molecule has 7 heteroatoms. The van der Waals surface area contributed by atoms with E-state index in [9.17, 15) is 4.79 Å². The third-order valence-corrected chi connectivity index (χ3v) is 5.92. The molecule has 2 aromatic carbocycles. The fraction of sp³-hybridized carbons (Fsp3) is 0.292. The summed E-state index contributed by atoms with van der Waals surface area (Å²) in [5, 5.41) is 13.6. The van der Waals surface area contributed by atoms with Crippen LogP contribution >= 0.6 is 11.6 Å². The van der Waals surface area contributed by atoms with E-state index in [4.69, 9.17) is 16.9 Å². The predicted molar refractivity (Wildman–Crippen MR) is 122 cm³/mol. The molecule has 1 saturated heterocycles. The lowest BCUT2D eigenvalue weighted by Crippen LogP contribution is -2.33. The summed E-state index contributed by atoms with van der Waals surface area (Å²) in [6.07, 6.45) is 2.68. The predicted octanol–water partition coefficient (Wildman–Crippen LogP) is 3.53. The van der Waals surface area contributed by atoms with E-state index in [1.807, 2.05) is 54.6 Å². The Morgan fingerprint density at radius 3 is 2.42 bits per heavy atom. The van der Waals surface area contributed by atoms with E-state index in [2.05, 4.69) is 21.0 Å². The highest BCUT2D eigenvalue weighted by atomic mass is 35.5. The van der Waals surface area contributed by atoms with Crippen molar-refractivity contribution < 1.29 is 0 Å². The van der Waals surface area contributed by atoms with Crippen LogP contribution in [-0.2, 0) is 13.1 Å². The second kappa shape index (κ2) is 9.78. The van der Waals surface area contributed by atoms with Gasteiger partial charge in [0.1, 0.15) is 5.02 Å². The minimum Gasteiger partial charge on any atom is -0.368 e. The molecule has 0 N–H and O–H groups in total. The van der Waals surface area contributed by atoms with Gasteiger partial charge in [-0.05, 0) is 29.7 Å². The summed E-state index contributed by atoms with van der Waals surface area (Å²) >= 11 is 6.49. The van der Waals surface area contributed by atoms with Gasteiger partial charge in [0.15, 0.2) is 0 Å². The number of benzene rings is 2. The molecule has 0 aliphatic carbocycles. The summed E-state index contributed by atoms with van der Waals surface area (Å²) < 4.78 is 1.41. The quantitative estimate of drug-likeness (QED) is 0.615. The molecule has 4 rings (SSSR count). The average Bonchev–Trinajstić information content (AvgIpc) is 3.04. The zero-order valence-electron chi connectivity index (χ0n) is 17.2. The monoisotopic (exact) mass is 433 g/mol. The number of nitriles is 1. The maximum absolute atomic E-state index is 12.8. The normalized spacial score (nSPS) is 14.8. The molecule has 1 aliphatic rings. The molecule has 0 spiro atoms. The first-order valence-electron chi connectivity index (χ1n) is 10.4. The topological polar surface area (TPSA) is 65.2 Å². The molecule has 0 bridgehead atoms. The Bertz CT molecular complexity index is 1120. The Morgan fingerprint density at radius 2 is 1.68 bits per heavy atom. The standard InChI is InChI=1S/C24H24ClN5O/c25-23-22(16-27-30(24(23)31)18-20-5-2-1-3-6-20)29-12-4-11-28(13-14-29)17-21-9-7-19(15-26)8-10-21/h1-3,5-10,16H,4,11-14,17-18H2. The second-order valence-electron chi connectivity index (χ2n) is 7.72. The van der Waals surface area contributed by atoms with Crippen LogP contribution in [0.4, 0.5) is 5.69 Å². The van der Waals surface area contributed by atoms with Crippen LogP contribution in [0, 0.1) is 11.3 Å². The van der Waals surface area contributed by atoms with E-state index < -0.39 is 0 Å². The van der Waals surface area contributed by atoms with Gasteiger partial charge in [0.05, 0.1) is 30.1 Å². The van der Waals surface area contributed by atoms with Gasteiger partial charge < -0.3 is 4.90 Å². The molecule has 2 heterocycles. The maximum atomic E-state index is 12.8. The lowest BCUT2D eigenvalue weighted by atomic mass is 10.1. The van der Waals surface area contributed by atoms with Crippen molar-refractivity contribution in [3.8, 4) is 6.07 Å². The third kappa shape index (κ3) is 5.13. The molecular formula is C24H24ClN5O. The van der Waals surface area contributed by atoms with Crippen LogP contribution in [-0.4, -0.2) is 40.9 Å². The van der Waals surface area contributed by atoms with Crippen LogP contribution in [0.25, 0.3) is 0 Å². The maximum Gasteiger partial charge on any atom is 0.287 e. The molecule has 3 aromatic rings. The van der Waals surface area contributed by atoms with Gasteiger partial charge >= 0.3 is 0 Å². The molecule has 1 aromatic heterocycles. The van der Waals surface area contributed by atoms with Gasteiger partial charge in [-0.15, -0.1) is 0 Å². The molecular weight excluding hydrogens is 410 g/mol. The van der Waals surface area contributed by atoms with Crippen LogP contribution in [0.2, 0.25) is 5.02 Å². The Morgan fingerprint density at radius 1 is 0.935 bits per heavy atom. The minimum absolute atomic E-state index is 0.228. The van der Waals surface area contributed by atoms with E-state index >= 15 is 0 Å². The Balaban J connectivity index is 1.43. The SMILES string of the molecule is N#Cc1ccc(CN2CCCN(c3cnn(Cc4ccccc4)c(=O)c3Cl)CC2)cc1. The van der Waals surface area contributed by atoms with E-state index in [0.29, 0.717) is 17.8 Å². The van der Waals surface area contributed by atoms with E-state index in [-0.39, 0.29) is 10.6 Å². The fourth-order valence-corrected chi connectivity index (χ4v) is 4.12. The first kappa shape index (κ1) is 21.1.